The number of nitrogens with zero attached hydrogens (tertiary/aromatic N) is 3. The second-order valence-corrected chi connectivity index (χ2v) is 7.71. The van der Waals surface area contributed by atoms with Crippen LogP contribution in [-0.4, -0.2) is 40.1 Å². The van der Waals surface area contributed by atoms with Crippen molar-refractivity contribution in [1.29, 1.82) is 0 Å². The first kappa shape index (κ1) is 17.6. The fourth-order valence-corrected chi connectivity index (χ4v) is 2.98. The summed E-state index contributed by atoms with van der Waals surface area (Å²) in [5, 5.41) is 7.00. The minimum absolute atomic E-state index is 0.146. The average molecular weight is 342 g/mol. The normalized spacial score (nSPS) is 16.8. The minimum atomic E-state index is -0.149. The van der Waals surface area contributed by atoms with Crippen LogP contribution in [0.2, 0.25) is 0 Å². The van der Waals surface area contributed by atoms with Crippen LogP contribution in [0.5, 0.6) is 0 Å². The van der Waals surface area contributed by atoms with Crippen molar-refractivity contribution in [2.24, 2.45) is 0 Å². The van der Waals surface area contributed by atoms with Crippen molar-refractivity contribution >= 4 is 5.91 Å². The molecule has 1 fully saturated rings. The lowest BCUT2D eigenvalue weighted by Crippen LogP contribution is -2.44. The highest BCUT2D eigenvalue weighted by Crippen LogP contribution is 2.23. The number of aromatic nitrogens is 2. The number of carbonyl (C=O) groups excluding carboxylic acids is 1. The van der Waals surface area contributed by atoms with Gasteiger partial charge in [0.2, 0.25) is 0 Å². The molecule has 0 aliphatic carbocycles. The molecule has 3 heterocycles. The molecule has 1 aliphatic rings. The van der Waals surface area contributed by atoms with Crippen molar-refractivity contribution in [3.63, 3.8) is 0 Å². The van der Waals surface area contributed by atoms with E-state index < -0.39 is 0 Å². The molecule has 3 rings (SSSR count). The average Bonchev–Trinajstić information content (AvgIpc) is 3.08. The van der Waals surface area contributed by atoms with Gasteiger partial charge in [-0.1, -0.05) is 25.9 Å². The Balaban J connectivity index is 1.48. The Morgan fingerprint density at radius 2 is 1.96 bits per heavy atom. The number of hydrogen-bond donors (Lipinski definition) is 1. The molecule has 1 saturated heterocycles. The number of carbonyl (C=O) groups is 1. The molecule has 0 radical (unpaired) electrons. The summed E-state index contributed by atoms with van der Waals surface area (Å²) in [5.41, 5.74) is 1.49. The van der Waals surface area contributed by atoms with Crippen molar-refractivity contribution in [3.8, 4) is 0 Å². The van der Waals surface area contributed by atoms with Gasteiger partial charge >= 0.3 is 0 Å². The van der Waals surface area contributed by atoms with Crippen LogP contribution in [0.4, 0.5) is 0 Å². The van der Waals surface area contributed by atoms with Gasteiger partial charge in [0.1, 0.15) is 5.76 Å². The predicted octanol–water partition coefficient (Wildman–Crippen LogP) is 2.76. The van der Waals surface area contributed by atoms with Crippen LogP contribution < -0.4 is 5.32 Å². The molecule has 1 aliphatic heterocycles. The number of piperidine rings is 1. The molecule has 0 saturated carbocycles. The zero-order chi connectivity index (χ0) is 17.9. The van der Waals surface area contributed by atoms with Gasteiger partial charge in [-0.2, -0.15) is 0 Å². The van der Waals surface area contributed by atoms with Crippen molar-refractivity contribution in [2.45, 2.75) is 51.6 Å². The highest BCUT2D eigenvalue weighted by Gasteiger charge is 2.25. The molecule has 134 valence electrons. The van der Waals surface area contributed by atoms with E-state index in [-0.39, 0.29) is 17.4 Å². The third-order valence-electron chi connectivity index (χ3n) is 4.56. The summed E-state index contributed by atoms with van der Waals surface area (Å²) >= 11 is 0. The van der Waals surface area contributed by atoms with E-state index in [0.717, 1.165) is 38.2 Å². The Hall–Kier alpha value is -2.21. The second kappa shape index (κ2) is 7.35. The van der Waals surface area contributed by atoms with Crippen LogP contribution in [-0.2, 0) is 12.0 Å². The quantitative estimate of drug-likeness (QED) is 0.925. The van der Waals surface area contributed by atoms with Crippen LogP contribution in [0.3, 0.4) is 0 Å². The minimum Gasteiger partial charge on any atom is -0.360 e. The van der Waals surface area contributed by atoms with E-state index in [9.17, 15) is 4.79 Å². The Morgan fingerprint density at radius 3 is 2.56 bits per heavy atom. The van der Waals surface area contributed by atoms with Crippen molar-refractivity contribution in [3.05, 3.63) is 47.6 Å². The number of pyridine rings is 1. The van der Waals surface area contributed by atoms with Crippen LogP contribution >= 0.6 is 0 Å². The number of hydrogen-bond acceptors (Lipinski definition) is 5. The maximum atomic E-state index is 12.4. The molecule has 0 spiro atoms. The first-order valence-corrected chi connectivity index (χ1v) is 8.81. The van der Waals surface area contributed by atoms with E-state index in [0.29, 0.717) is 5.69 Å². The molecule has 2 aromatic heterocycles. The Bertz CT molecular complexity index is 698. The Kier molecular flexibility index (Phi) is 5.18. The molecule has 0 unspecified atom stereocenters. The number of nitrogens with one attached hydrogen (secondary N) is 1. The van der Waals surface area contributed by atoms with Gasteiger partial charge in [0.25, 0.3) is 5.91 Å². The molecule has 0 atom stereocenters. The molecular formula is C19H26N4O2. The predicted molar refractivity (Wildman–Crippen MR) is 95.2 cm³/mol. The number of rotatable bonds is 4. The third kappa shape index (κ3) is 4.66. The van der Waals surface area contributed by atoms with E-state index in [1.165, 1.54) is 5.56 Å². The monoisotopic (exact) mass is 342 g/mol. The lowest BCUT2D eigenvalue weighted by Gasteiger charge is -2.32. The maximum Gasteiger partial charge on any atom is 0.273 e. The van der Waals surface area contributed by atoms with Crippen LogP contribution in [0.25, 0.3) is 0 Å². The van der Waals surface area contributed by atoms with Gasteiger partial charge in [0.15, 0.2) is 5.69 Å². The zero-order valence-corrected chi connectivity index (χ0v) is 15.2. The first-order chi connectivity index (χ1) is 11.9. The van der Waals surface area contributed by atoms with Crippen molar-refractivity contribution < 1.29 is 9.32 Å². The van der Waals surface area contributed by atoms with E-state index in [2.05, 4.69) is 20.4 Å². The van der Waals surface area contributed by atoms with E-state index in [1.807, 2.05) is 45.3 Å². The Morgan fingerprint density at radius 1 is 1.28 bits per heavy atom. The van der Waals surface area contributed by atoms with Gasteiger partial charge in [-0.3, -0.25) is 14.7 Å². The number of likely N-dealkylation sites (tertiary alicyclic amines) is 1. The highest BCUT2D eigenvalue weighted by molar-refractivity contribution is 5.92. The van der Waals surface area contributed by atoms with Gasteiger partial charge in [-0.05, 0) is 30.5 Å². The molecule has 6 nitrogen and oxygen atoms in total. The summed E-state index contributed by atoms with van der Waals surface area (Å²) in [4.78, 5) is 18.8. The molecule has 1 N–H and O–H groups in total. The van der Waals surface area contributed by atoms with Crippen molar-refractivity contribution in [2.75, 3.05) is 13.1 Å². The van der Waals surface area contributed by atoms with Gasteiger partial charge < -0.3 is 9.84 Å². The highest BCUT2D eigenvalue weighted by atomic mass is 16.5. The fraction of sp³-hybridized carbons (Fsp3) is 0.526. The summed E-state index contributed by atoms with van der Waals surface area (Å²) in [7, 11) is 0. The summed E-state index contributed by atoms with van der Waals surface area (Å²) in [6.45, 7) is 8.98. The largest absolute Gasteiger partial charge is 0.360 e. The summed E-state index contributed by atoms with van der Waals surface area (Å²) in [6, 6.07) is 6.03. The smallest absolute Gasteiger partial charge is 0.273 e. The first-order valence-electron chi connectivity index (χ1n) is 8.81. The van der Waals surface area contributed by atoms with Crippen LogP contribution in [0, 0.1) is 0 Å². The molecular weight excluding hydrogens is 316 g/mol. The Labute approximate surface area is 148 Å². The summed E-state index contributed by atoms with van der Waals surface area (Å²) in [6.07, 6.45) is 5.54. The van der Waals surface area contributed by atoms with Crippen LogP contribution in [0.15, 0.2) is 35.1 Å². The summed E-state index contributed by atoms with van der Waals surface area (Å²) < 4.78 is 5.30. The third-order valence-corrected chi connectivity index (χ3v) is 4.56. The maximum absolute atomic E-state index is 12.4. The number of amides is 1. The van der Waals surface area contributed by atoms with Gasteiger partial charge in [-0.25, -0.2) is 0 Å². The van der Waals surface area contributed by atoms with Gasteiger partial charge in [-0.15, -0.1) is 0 Å². The van der Waals surface area contributed by atoms with Crippen molar-refractivity contribution in [1.82, 2.24) is 20.4 Å². The SMILES string of the molecule is CC(C)(C)c1cc(C(=O)NC2CCN(Cc3ccncc3)CC2)no1. The van der Waals surface area contributed by atoms with Gasteiger partial charge in [0.05, 0.1) is 0 Å². The van der Waals surface area contributed by atoms with Crippen LogP contribution in [0.1, 0.15) is 55.4 Å². The molecule has 25 heavy (non-hydrogen) atoms. The van der Waals surface area contributed by atoms with E-state index >= 15 is 0 Å². The fourth-order valence-electron chi connectivity index (χ4n) is 2.98. The lowest BCUT2D eigenvalue weighted by molar-refractivity contribution is 0.0899. The molecule has 0 bridgehead atoms. The zero-order valence-electron chi connectivity index (χ0n) is 15.2. The summed E-state index contributed by atoms with van der Waals surface area (Å²) in [5.74, 6) is 0.580. The molecule has 0 aromatic carbocycles. The second-order valence-electron chi connectivity index (χ2n) is 7.71. The van der Waals surface area contributed by atoms with Gasteiger partial charge in [0, 0.05) is 49.6 Å². The van der Waals surface area contributed by atoms with E-state index in [4.69, 9.17) is 4.52 Å². The topological polar surface area (TPSA) is 71.3 Å². The lowest BCUT2D eigenvalue weighted by atomic mass is 9.93. The standard InChI is InChI=1S/C19H26N4O2/c1-19(2,3)17-12-16(22-25-17)18(24)21-15-6-10-23(11-7-15)13-14-4-8-20-9-5-14/h4-5,8-9,12,15H,6-7,10-11,13H2,1-3H3,(H,21,24). The molecule has 1 amide bonds. The molecule has 6 heteroatoms. The molecule has 2 aromatic rings. The van der Waals surface area contributed by atoms with E-state index in [1.54, 1.807) is 6.07 Å².